The molecule has 1 aromatic heterocycles. The zero-order chi connectivity index (χ0) is 17.6. The van der Waals surface area contributed by atoms with Crippen molar-refractivity contribution in [3.63, 3.8) is 0 Å². The monoisotopic (exact) mass is 346 g/mol. The van der Waals surface area contributed by atoms with Crippen molar-refractivity contribution in [1.82, 2.24) is 4.98 Å². The van der Waals surface area contributed by atoms with Gasteiger partial charge < -0.3 is 10.1 Å². The summed E-state index contributed by atoms with van der Waals surface area (Å²) in [5.41, 5.74) is 3.07. The summed E-state index contributed by atoms with van der Waals surface area (Å²) in [6.07, 6.45) is 0. The number of halogens is 1. The number of hydrogen-bond donors (Lipinski definition) is 2. The molecule has 0 saturated heterocycles. The second-order valence-electron chi connectivity index (χ2n) is 5.66. The van der Waals surface area contributed by atoms with Gasteiger partial charge in [0.25, 0.3) is 0 Å². The number of benzene rings is 2. The number of nitriles is 1. The molecule has 1 aliphatic rings. The zero-order valence-electron chi connectivity index (χ0n) is 12.9. The topological polar surface area (TPSA) is 76.9 Å². The van der Waals surface area contributed by atoms with Crippen LogP contribution in [-0.4, -0.2) is 15.9 Å². The van der Waals surface area contributed by atoms with Gasteiger partial charge in [0.1, 0.15) is 11.6 Å². The van der Waals surface area contributed by atoms with E-state index >= 15 is 0 Å². The van der Waals surface area contributed by atoms with Gasteiger partial charge in [-0.1, -0.05) is 54.1 Å². The molecule has 0 amide bonds. The van der Waals surface area contributed by atoms with E-state index in [1.807, 2.05) is 36.4 Å². The van der Waals surface area contributed by atoms with Gasteiger partial charge in [0.15, 0.2) is 5.88 Å². The largest absolute Gasteiger partial charge is 0.494 e. The van der Waals surface area contributed by atoms with Gasteiger partial charge in [-0.2, -0.15) is 5.26 Å². The zero-order valence-corrected chi connectivity index (χ0v) is 13.6. The van der Waals surface area contributed by atoms with Crippen LogP contribution in [0.2, 0.25) is 5.02 Å². The quantitative estimate of drug-likeness (QED) is 0.714. The number of fused-ring (bicyclic) bond motifs is 1. The van der Waals surface area contributed by atoms with E-state index in [9.17, 15) is 15.2 Å². The van der Waals surface area contributed by atoms with Gasteiger partial charge in [-0.3, -0.25) is 4.79 Å². The van der Waals surface area contributed by atoms with Crippen LogP contribution in [0, 0.1) is 11.3 Å². The summed E-state index contributed by atoms with van der Waals surface area (Å²) < 4.78 is 0. The number of nitrogens with one attached hydrogen (secondary N) is 1. The molecule has 0 aliphatic heterocycles. The third kappa shape index (κ3) is 2.25. The Hall–Kier alpha value is -3.29. The summed E-state index contributed by atoms with van der Waals surface area (Å²) in [4.78, 5) is 15.7. The van der Waals surface area contributed by atoms with Crippen LogP contribution in [0.25, 0.3) is 16.8 Å². The number of Topliss-reactive ketones (excluding diaryl/α,β-unsaturated/α-hetero) is 1. The molecule has 0 atom stereocenters. The van der Waals surface area contributed by atoms with Gasteiger partial charge in [0.05, 0.1) is 16.8 Å². The van der Waals surface area contributed by atoms with Crippen LogP contribution in [0.1, 0.15) is 21.5 Å². The highest BCUT2D eigenvalue weighted by Crippen LogP contribution is 2.46. The number of ketones is 1. The number of hydrogen-bond acceptors (Lipinski definition) is 3. The molecule has 2 N–H and O–H groups in total. The molecule has 120 valence electrons. The molecular formula is C20H11ClN2O2. The predicted octanol–water partition coefficient (Wildman–Crippen LogP) is 4.56. The maximum atomic E-state index is 12.8. The molecule has 4 nitrogen and oxygen atoms in total. The van der Waals surface area contributed by atoms with Gasteiger partial charge >= 0.3 is 0 Å². The van der Waals surface area contributed by atoms with Crippen LogP contribution >= 0.6 is 11.6 Å². The number of carbonyl (C=O) groups is 1. The van der Waals surface area contributed by atoms with E-state index in [4.69, 9.17) is 11.6 Å². The summed E-state index contributed by atoms with van der Waals surface area (Å²) in [5.74, 6) is -0.518. The van der Waals surface area contributed by atoms with Crippen molar-refractivity contribution in [2.45, 2.75) is 0 Å². The highest BCUT2D eigenvalue weighted by molar-refractivity contribution is 6.31. The van der Waals surface area contributed by atoms with Crippen LogP contribution in [0.3, 0.4) is 0 Å². The minimum absolute atomic E-state index is 0.0220. The van der Waals surface area contributed by atoms with Crippen LogP contribution < -0.4 is 0 Å². The summed E-state index contributed by atoms with van der Waals surface area (Å²) in [6.45, 7) is 0. The van der Waals surface area contributed by atoms with Gasteiger partial charge in [0, 0.05) is 10.6 Å². The lowest BCUT2D eigenvalue weighted by atomic mass is 9.99. The second-order valence-corrected chi connectivity index (χ2v) is 6.10. The lowest BCUT2D eigenvalue weighted by Crippen LogP contribution is -1.98. The Morgan fingerprint density at radius 2 is 1.64 bits per heavy atom. The number of aromatic hydroxyl groups is 1. The molecule has 4 rings (SSSR count). The number of carbonyl (C=O) groups excluding carboxylic acids is 1. The minimum atomic E-state index is -0.391. The van der Waals surface area contributed by atoms with E-state index in [2.05, 4.69) is 4.98 Å². The normalized spacial score (nSPS) is 13.0. The third-order valence-corrected chi connectivity index (χ3v) is 4.49. The molecule has 1 aliphatic carbocycles. The molecule has 0 bridgehead atoms. The molecule has 2 aromatic carbocycles. The fourth-order valence-corrected chi connectivity index (χ4v) is 3.28. The summed E-state index contributed by atoms with van der Waals surface area (Å²) in [7, 11) is 0. The van der Waals surface area contributed by atoms with Crippen molar-refractivity contribution in [2.75, 3.05) is 0 Å². The van der Waals surface area contributed by atoms with E-state index in [1.54, 1.807) is 24.3 Å². The van der Waals surface area contributed by atoms with Crippen molar-refractivity contribution in [1.29, 1.82) is 5.26 Å². The number of aromatic amines is 1. The van der Waals surface area contributed by atoms with Crippen LogP contribution in [-0.2, 0) is 0 Å². The third-order valence-electron chi connectivity index (χ3n) is 4.24. The minimum Gasteiger partial charge on any atom is -0.494 e. The SMILES string of the molecule is N#CC1=C(c2ccc(Cl)cc2)c2c(O)[nH]c(-c3ccccc3)c2C1=O. The number of allylic oxidation sites excluding steroid dienone is 1. The van der Waals surface area contributed by atoms with Crippen molar-refractivity contribution >= 4 is 23.0 Å². The van der Waals surface area contributed by atoms with E-state index in [0.29, 0.717) is 33.0 Å². The molecular weight excluding hydrogens is 336 g/mol. The molecule has 0 spiro atoms. The highest BCUT2D eigenvalue weighted by Gasteiger charge is 2.37. The molecule has 0 radical (unpaired) electrons. The number of H-pyrrole nitrogens is 1. The predicted molar refractivity (Wildman–Crippen MR) is 95.3 cm³/mol. The highest BCUT2D eigenvalue weighted by atomic mass is 35.5. The fourth-order valence-electron chi connectivity index (χ4n) is 3.15. The van der Waals surface area contributed by atoms with Crippen molar-refractivity contribution in [3.05, 3.63) is 81.9 Å². The van der Waals surface area contributed by atoms with E-state index in [1.165, 1.54) is 0 Å². The van der Waals surface area contributed by atoms with Crippen molar-refractivity contribution in [2.24, 2.45) is 0 Å². The molecule has 25 heavy (non-hydrogen) atoms. The summed E-state index contributed by atoms with van der Waals surface area (Å²) in [6, 6.07) is 18.0. The molecule has 0 fully saturated rings. The summed E-state index contributed by atoms with van der Waals surface area (Å²) in [5, 5.41) is 20.5. The first-order valence-corrected chi connectivity index (χ1v) is 7.95. The lowest BCUT2D eigenvalue weighted by molar-refractivity contribution is 0.104. The number of rotatable bonds is 2. The first kappa shape index (κ1) is 15.3. The van der Waals surface area contributed by atoms with Crippen molar-refractivity contribution < 1.29 is 9.90 Å². The first-order valence-electron chi connectivity index (χ1n) is 7.57. The standard InChI is InChI=1S/C20H11ClN2O2/c21-13-8-6-11(7-9-13)15-14(10-22)19(24)17-16(15)20(25)23-18(17)12-4-2-1-3-5-12/h1-9,23,25H. The molecule has 0 unspecified atom stereocenters. The summed E-state index contributed by atoms with van der Waals surface area (Å²) >= 11 is 5.93. The van der Waals surface area contributed by atoms with Gasteiger partial charge in [0.2, 0.25) is 5.78 Å². The Morgan fingerprint density at radius 3 is 2.28 bits per heavy atom. The Labute approximate surface area is 148 Å². The fraction of sp³-hybridized carbons (Fsp3) is 0. The van der Waals surface area contributed by atoms with Crippen LogP contribution in [0.5, 0.6) is 5.88 Å². The number of aromatic nitrogens is 1. The van der Waals surface area contributed by atoms with E-state index in [-0.39, 0.29) is 11.5 Å². The lowest BCUT2D eigenvalue weighted by Gasteiger charge is -2.04. The average Bonchev–Trinajstić information content (AvgIpc) is 3.12. The maximum Gasteiger partial charge on any atom is 0.207 e. The molecule has 3 aromatic rings. The second kappa shape index (κ2) is 5.66. The van der Waals surface area contributed by atoms with E-state index in [0.717, 1.165) is 5.56 Å². The van der Waals surface area contributed by atoms with Gasteiger partial charge in [-0.15, -0.1) is 0 Å². The van der Waals surface area contributed by atoms with Gasteiger partial charge in [-0.05, 0) is 23.3 Å². The van der Waals surface area contributed by atoms with Crippen LogP contribution in [0.15, 0.2) is 60.2 Å². The van der Waals surface area contributed by atoms with E-state index < -0.39 is 5.78 Å². The molecule has 1 heterocycles. The molecule has 5 heteroatoms. The average molecular weight is 347 g/mol. The Kier molecular flexibility index (Phi) is 3.45. The number of nitrogens with zero attached hydrogens (tertiary/aromatic N) is 1. The molecule has 0 saturated carbocycles. The van der Waals surface area contributed by atoms with Crippen molar-refractivity contribution in [3.8, 4) is 23.2 Å². The maximum absolute atomic E-state index is 12.8. The Morgan fingerprint density at radius 1 is 0.960 bits per heavy atom. The van der Waals surface area contributed by atoms with Crippen LogP contribution in [0.4, 0.5) is 0 Å². The Bertz CT molecular complexity index is 1070. The van der Waals surface area contributed by atoms with Gasteiger partial charge in [-0.25, -0.2) is 0 Å². The first-order chi connectivity index (χ1) is 12.1. The Balaban J connectivity index is 1.99. The smallest absolute Gasteiger partial charge is 0.207 e.